The van der Waals surface area contributed by atoms with Gasteiger partial charge in [0.2, 0.25) is 11.8 Å². The minimum absolute atomic E-state index is 0.00687. The Morgan fingerprint density at radius 3 is 1.79 bits per heavy atom. The summed E-state index contributed by atoms with van der Waals surface area (Å²) in [4.78, 5) is 112. The normalized spacial score (nSPS) is 33.0. The summed E-state index contributed by atoms with van der Waals surface area (Å²) in [5, 5.41) is 42.0. The lowest BCUT2D eigenvalue weighted by atomic mass is 9.55. The maximum atomic E-state index is 14.2. The molecule has 1 fully saturated rings. The molecule has 21 nitrogen and oxygen atoms in total. The lowest BCUT2D eigenvalue weighted by Crippen LogP contribution is -2.55. The third-order valence-corrected chi connectivity index (χ3v) is 17.5. The van der Waals surface area contributed by atoms with Gasteiger partial charge in [0.05, 0.1) is 78.6 Å². The Balaban J connectivity index is 2.06. The van der Waals surface area contributed by atoms with E-state index in [1.54, 1.807) is 19.9 Å². The second-order valence-corrected chi connectivity index (χ2v) is 21.9. The molecule has 5 aliphatic heterocycles. The summed E-state index contributed by atoms with van der Waals surface area (Å²) < 4.78 is 26.3. The molecule has 21 heteroatoms. The van der Waals surface area contributed by atoms with Crippen molar-refractivity contribution >= 4 is 58.8 Å². The van der Waals surface area contributed by atoms with Gasteiger partial charge in [-0.1, -0.05) is 34.6 Å². The zero-order valence-electron chi connectivity index (χ0n) is 46.1. The first-order chi connectivity index (χ1) is 35.2. The number of nitrogens with zero attached hydrogens (tertiary/aromatic N) is 3. The summed E-state index contributed by atoms with van der Waals surface area (Å²) >= 11 is 0. The van der Waals surface area contributed by atoms with Crippen LogP contribution >= 0.6 is 0 Å². The predicted octanol–water partition coefficient (Wildman–Crippen LogP) is 3.52. The highest BCUT2D eigenvalue weighted by atomic mass is 16.5. The molecule has 1 saturated heterocycles. The van der Waals surface area contributed by atoms with E-state index in [1.807, 2.05) is 41.5 Å². The van der Waals surface area contributed by atoms with E-state index in [9.17, 15) is 48.9 Å². The van der Waals surface area contributed by atoms with E-state index in [-0.39, 0.29) is 96.2 Å². The summed E-state index contributed by atoms with van der Waals surface area (Å²) in [6.07, 6.45) is 0.552. The van der Waals surface area contributed by atoms with E-state index in [2.05, 4.69) is 16.0 Å². The summed E-state index contributed by atoms with van der Waals surface area (Å²) in [7, 11) is 6.41. The summed E-state index contributed by atoms with van der Waals surface area (Å²) in [5.74, 6) is -5.79. The van der Waals surface area contributed by atoms with E-state index in [4.69, 9.17) is 38.7 Å². The van der Waals surface area contributed by atoms with Crippen molar-refractivity contribution in [1.82, 2.24) is 16.0 Å². The highest BCUT2D eigenvalue weighted by molar-refractivity contribution is 6.10. The van der Waals surface area contributed by atoms with Gasteiger partial charge in [-0.05, 0) is 63.7 Å². The van der Waals surface area contributed by atoms with Crippen LogP contribution in [0.25, 0.3) is 0 Å². The van der Waals surface area contributed by atoms with Crippen LogP contribution in [0.5, 0.6) is 0 Å². The van der Waals surface area contributed by atoms with E-state index in [1.165, 1.54) is 35.5 Å². The number of fused-ring (bicyclic) bond motifs is 6. The Hall–Kier alpha value is -5.80. The first-order valence-electron chi connectivity index (χ1n) is 25.7. The number of carbonyl (C=O) groups is 7. The van der Waals surface area contributed by atoms with Crippen molar-refractivity contribution in [2.45, 2.75) is 143 Å². The Kier molecular flexibility index (Phi) is 18.9. The molecule has 0 aliphatic carbocycles. The molecule has 5 rings (SSSR count). The Morgan fingerprint density at radius 1 is 0.680 bits per heavy atom. The third kappa shape index (κ3) is 11.2. The SMILES string of the molecule is COC(=O)CC[C@@H]1/C2=C(\C)C3=NC([C@H](CC(=O)OC)[C@@]3(C)CCC(=O)OC)[C@]3(C)N=C(/C(C)=C4\N/C(=C\C(=N2)C1(C)C)[C@@](O)(CCC(=O)NCCO)[C@]4(C)CC(=O)NCCO)[C@@H](CCC(=O)OC)[C@]3(C)CC(=O)OC. The van der Waals surface area contributed by atoms with Crippen LogP contribution in [0.4, 0.5) is 0 Å². The van der Waals surface area contributed by atoms with Gasteiger partial charge in [0.15, 0.2) is 0 Å². The van der Waals surface area contributed by atoms with Crippen molar-refractivity contribution in [3.63, 3.8) is 0 Å². The molecule has 0 spiro atoms. The maximum absolute atomic E-state index is 14.2. The van der Waals surface area contributed by atoms with Crippen LogP contribution in [0.1, 0.15) is 126 Å². The second kappa shape index (κ2) is 23.6. The highest BCUT2D eigenvalue weighted by Crippen LogP contribution is 2.63. The molecule has 0 aromatic rings. The Labute approximate surface area is 439 Å². The van der Waals surface area contributed by atoms with Gasteiger partial charge >= 0.3 is 29.8 Å². The molecule has 6 N–H and O–H groups in total. The lowest BCUT2D eigenvalue weighted by molar-refractivity contribution is -0.147. The molecule has 8 bridgehead atoms. The first kappa shape index (κ1) is 60.1. The molecular weight excluding hydrogens is 973 g/mol. The molecule has 0 aromatic heterocycles. The standard InChI is InChI=1S/C54H80N6O15/c1-30-44-32(14-16-39(65)71-9)49(3,4)35(57-44)27-36-54(70,21-18-37(63)55-22-24-61)52(7,28-38(64)56-23-25-62)47(58-36)31(2)45-33(15-17-40(66)72-10)51(6,29-43(69)75-13)53(8,60-45)48-34(26-42(68)74-12)50(5,46(30)59-48)20-19-41(67)73-11/h27,32-34,48,58,61-62,70H,14-26,28-29H2,1-13H3,(H,55,63)(H,56,64)/b36-27-,44-30-,47-31-/t32-,33-,34+,48?,50-,51+,52-,53+,54+/m1/s1. The number of hydrogen-bond donors (Lipinski definition) is 6. The van der Waals surface area contributed by atoms with Crippen LogP contribution in [-0.4, -0.2) is 153 Å². The first-order valence-corrected chi connectivity index (χ1v) is 25.7. The predicted molar refractivity (Wildman–Crippen MR) is 276 cm³/mol. The van der Waals surface area contributed by atoms with Gasteiger partial charge in [0.25, 0.3) is 0 Å². The van der Waals surface area contributed by atoms with Gasteiger partial charge < -0.3 is 55.0 Å². The van der Waals surface area contributed by atoms with Crippen LogP contribution in [-0.2, 0) is 57.2 Å². The molecule has 75 heavy (non-hydrogen) atoms. The molecule has 2 amide bonds. The Bertz CT molecular complexity index is 2480. The zero-order valence-corrected chi connectivity index (χ0v) is 46.1. The van der Waals surface area contributed by atoms with Crippen LogP contribution in [0.2, 0.25) is 0 Å². The number of methoxy groups -OCH3 is 5. The van der Waals surface area contributed by atoms with Crippen molar-refractivity contribution in [2.24, 2.45) is 54.4 Å². The minimum atomic E-state index is -2.07. The minimum Gasteiger partial charge on any atom is -0.469 e. The van der Waals surface area contributed by atoms with Crippen LogP contribution < -0.4 is 16.0 Å². The molecule has 0 saturated carbocycles. The molecule has 5 aliphatic rings. The fraction of sp³-hybridized carbons (Fsp3) is 0.704. The van der Waals surface area contributed by atoms with Gasteiger partial charge in [-0.15, -0.1) is 0 Å². The van der Waals surface area contributed by atoms with Crippen LogP contribution in [0.3, 0.4) is 0 Å². The molecule has 9 atom stereocenters. The second-order valence-electron chi connectivity index (χ2n) is 21.9. The largest absolute Gasteiger partial charge is 0.469 e. The molecular formula is C54H80N6O15. The van der Waals surface area contributed by atoms with Crippen molar-refractivity contribution in [2.75, 3.05) is 61.9 Å². The highest BCUT2D eigenvalue weighted by Gasteiger charge is 2.67. The van der Waals surface area contributed by atoms with Gasteiger partial charge in [-0.3, -0.25) is 48.5 Å². The van der Waals surface area contributed by atoms with E-state index in [0.717, 1.165) is 0 Å². The Morgan fingerprint density at radius 2 is 1.23 bits per heavy atom. The topological polar surface area (TPSA) is 300 Å². The quantitative estimate of drug-likeness (QED) is 0.0668. The summed E-state index contributed by atoms with van der Waals surface area (Å²) in [6.45, 7) is 14.1. The lowest BCUT2D eigenvalue weighted by Gasteiger charge is -2.48. The van der Waals surface area contributed by atoms with E-state index in [0.29, 0.717) is 39.7 Å². The van der Waals surface area contributed by atoms with E-state index < -0.39 is 105 Å². The molecule has 5 heterocycles. The molecule has 416 valence electrons. The van der Waals surface area contributed by atoms with Gasteiger partial charge in [-0.25, -0.2) is 0 Å². The fourth-order valence-corrected chi connectivity index (χ4v) is 12.7. The monoisotopic (exact) mass is 1050 g/mol. The maximum Gasteiger partial charge on any atom is 0.306 e. The number of rotatable bonds is 22. The van der Waals surface area contributed by atoms with Crippen LogP contribution in [0.15, 0.2) is 49.3 Å². The number of amides is 2. The number of nitrogens with one attached hydrogen (secondary N) is 3. The number of aliphatic imine (C=N–C) groups is 3. The number of esters is 5. The molecule has 1 unspecified atom stereocenters. The van der Waals surface area contributed by atoms with E-state index >= 15 is 0 Å². The van der Waals surface area contributed by atoms with Crippen molar-refractivity contribution in [3.05, 3.63) is 34.3 Å². The van der Waals surface area contributed by atoms with Gasteiger partial charge in [0, 0.05) is 113 Å². The van der Waals surface area contributed by atoms with Crippen LogP contribution in [0, 0.1) is 39.4 Å². The number of hydrogen-bond acceptors (Lipinski definition) is 19. The number of ether oxygens (including phenoxy) is 5. The number of aliphatic hydroxyl groups is 3. The number of allylic oxidation sites excluding steroid dienone is 4. The average molecular weight is 1050 g/mol. The smallest absolute Gasteiger partial charge is 0.306 e. The third-order valence-electron chi connectivity index (χ3n) is 17.5. The van der Waals surface area contributed by atoms with Gasteiger partial charge in [-0.2, -0.15) is 0 Å². The number of carbonyl (C=O) groups excluding carboxylic acids is 7. The fourth-order valence-electron chi connectivity index (χ4n) is 12.7. The average Bonchev–Trinajstić information content (AvgIpc) is 3.97. The number of aliphatic hydroxyl groups excluding tert-OH is 2. The van der Waals surface area contributed by atoms with Crippen molar-refractivity contribution < 1.29 is 72.6 Å². The molecule has 0 aromatic carbocycles. The zero-order chi connectivity index (χ0) is 56.1. The van der Waals surface area contributed by atoms with Crippen molar-refractivity contribution in [3.8, 4) is 0 Å². The summed E-state index contributed by atoms with van der Waals surface area (Å²) in [6, 6.07) is -0.970. The molecule has 0 radical (unpaired) electrons. The summed E-state index contributed by atoms with van der Waals surface area (Å²) in [5.41, 5.74) is -5.11. The van der Waals surface area contributed by atoms with Gasteiger partial charge in [0.1, 0.15) is 5.60 Å². The van der Waals surface area contributed by atoms with Crippen molar-refractivity contribution in [1.29, 1.82) is 0 Å².